The number of piperazine rings is 1. The molecule has 2 aliphatic heterocycles. The minimum Gasteiger partial charge on any atom is -0.478 e. The van der Waals surface area contributed by atoms with Gasteiger partial charge in [-0.1, -0.05) is 0 Å². The summed E-state index contributed by atoms with van der Waals surface area (Å²) in [5, 5.41) is 5.76. The lowest BCUT2D eigenvalue weighted by Gasteiger charge is -2.34. The molecule has 29 heavy (non-hydrogen) atoms. The van der Waals surface area contributed by atoms with E-state index in [2.05, 4.69) is 20.6 Å². The molecular formula is C20H24N6O3. The van der Waals surface area contributed by atoms with Crippen LogP contribution in [0.2, 0.25) is 0 Å². The molecule has 3 amide bonds. The van der Waals surface area contributed by atoms with Crippen molar-refractivity contribution >= 4 is 23.6 Å². The Kier molecular flexibility index (Phi) is 5.46. The van der Waals surface area contributed by atoms with Gasteiger partial charge in [-0.05, 0) is 37.1 Å². The number of hydrogen-bond donors (Lipinski definition) is 2. The third kappa shape index (κ3) is 4.23. The number of carbonyl (C=O) groups is 2. The molecule has 0 saturated carbocycles. The van der Waals surface area contributed by atoms with Crippen molar-refractivity contribution in [3.63, 3.8) is 0 Å². The van der Waals surface area contributed by atoms with Gasteiger partial charge in [0.2, 0.25) is 11.8 Å². The molecule has 2 N–H and O–H groups in total. The first-order chi connectivity index (χ1) is 14.1. The first-order valence-corrected chi connectivity index (χ1v) is 9.82. The molecule has 0 bridgehead atoms. The minimum absolute atomic E-state index is 0.0594. The third-order valence-corrected chi connectivity index (χ3v) is 5.04. The number of fused-ring (bicyclic) bond motifs is 1. The molecule has 9 heteroatoms. The average molecular weight is 396 g/mol. The van der Waals surface area contributed by atoms with Crippen molar-refractivity contribution in [2.75, 3.05) is 49.5 Å². The maximum absolute atomic E-state index is 12.6. The summed E-state index contributed by atoms with van der Waals surface area (Å²) in [5.74, 6) is 1.11. The van der Waals surface area contributed by atoms with Gasteiger partial charge in [0.05, 0.1) is 6.61 Å². The van der Waals surface area contributed by atoms with Gasteiger partial charge in [0.1, 0.15) is 0 Å². The van der Waals surface area contributed by atoms with Crippen molar-refractivity contribution < 1.29 is 14.3 Å². The lowest BCUT2D eigenvalue weighted by molar-refractivity contribution is 0.0946. The van der Waals surface area contributed by atoms with E-state index in [1.165, 1.54) is 0 Å². The molecule has 0 spiro atoms. The topological polar surface area (TPSA) is 99.7 Å². The predicted octanol–water partition coefficient (Wildman–Crippen LogP) is 1.52. The number of hydrogen-bond acceptors (Lipinski definition) is 6. The SMILES string of the molecule is CCOc1ccnc(N2CCN(C(=O)Nc3ccc4c(c3)CCNC4=O)CC2)n1. The molecule has 1 aromatic carbocycles. The Morgan fingerprint density at radius 3 is 2.86 bits per heavy atom. The van der Waals surface area contributed by atoms with Crippen LogP contribution in [0.1, 0.15) is 22.8 Å². The summed E-state index contributed by atoms with van der Waals surface area (Å²) in [6.07, 6.45) is 2.45. The number of rotatable bonds is 4. The van der Waals surface area contributed by atoms with Crippen molar-refractivity contribution in [1.82, 2.24) is 20.2 Å². The Labute approximate surface area is 169 Å². The highest BCUT2D eigenvalue weighted by atomic mass is 16.5. The maximum atomic E-state index is 12.6. The molecule has 0 radical (unpaired) electrons. The number of aromatic nitrogens is 2. The number of nitrogens with one attached hydrogen (secondary N) is 2. The monoisotopic (exact) mass is 396 g/mol. The van der Waals surface area contributed by atoms with Gasteiger partial charge < -0.3 is 25.2 Å². The standard InChI is InChI=1S/C20H24N6O3/c1-2-29-17-6-8-22-19(24-17)25-9-11-26(12-10-25)20(28)23-15-3-4-16-14(13-15)5-7-21-18(16)27/h3-4,6,8,13H,2,5,7,9-12H2,1H3,(H,21,27)(H,23,28). The zero-order valence-electron chi connectivity index (χ0n) is 16.4. The zero-order valence-corrected chi connectivity index (χ0v) is 16.4. The van der Waals surface area contributed by atoms with Crippen LogP contribution in [0, 0.1) is 0 Å². The lowest BCUT2D eigenvalue weighted by atomic mass is 10.00. The Bertz CT molecular complexity index is 911. The van der Waals surface area contributed by atoms with E-state index in [4.69, 9.17) is 4.74 Å². The van der Waals surface area contributed by atoms with E-state index in [0.717, 1.165) is 12.0 Å². The number of carbonyl (C=O) groups excluding carboxylic acids is 2. The van der Waals surface area contributed by atoms with Crippen LogP contribution >= 0.6 is 0 Å². The zero-order chi connectivity index (χ0) is 20.2. The Balaban J connectivity index is 1.35. The van der Waals surface area contributed by atoms with Crippen molar-refractivity contribution in [2.24, 2.45) is 0 Å². The van der Waals surface area contributed by atoms with Crippen molar-refractivity contribution in [2.45, 2.75) is 13.3 Å². The Morgan fingerprint density at radius 2 is 2.07 bits per heavy atom. The maximum Gasteiger partial charge on any atom is 0.321 e. The summed E-state index contributed by atoms with van der Waals surface area (Å²) >= 11 is 0. The molecule has 0 aliphatic carbocycles. The van der Waals surface area contributed by atoms with Gasteiger partial charge in [0, 0.05) is 56.2 Å². The van der Waals surface area contributed by atoms with E-state index >= 15 is 0 Å². The first-order valence-electron chi connectivity index (χ1n) is 9.82. The molecule has 2 aromatic rings. The first kappa shape index (κ1) is 19.0. The van der Waals surface area contributed by atoms with Gasteiger partial charge in [-0.25, -0.2) is 9.78 Å². The molecule has 3 heterocycles. The Hall–Kier alpha value is -3.36. The van der Waals surface area contributed by atoms with Crippen LogP contribution in [0.4, 0.5) is 16.4 Å². The second kappa shape index (κ2) is 8.34. The number of amides is 3. The number of urea groups is 1. The highest BCUT2D eigenvalue weighted by Gasteiger charge is 2.23. The minimum atomic E-state index is -0.145. The van der Waals surface area contributed by atoms with Gasteiger partial charge in [-0.15, -0.1) is 0 Å². The fourth-order valence-corrected chi connectivity index (χ4v) is 3.53. The molecule has 1 saturated heterocycles. The molecule has 0 atom stereocenters. The van der Waals surface area contributed by atoms with Gasteiger partial charge in [-0.2, -0.15) is 4.98 Å². The average Bonchev–Trinajstić information content (AvgIpc) is 2.74. The van der Waals surface area contributed by atoms with Crippen molar-refractivity contribution in [3.8, 4) is 5.88 Å². The molecule has 2 aliphatic rings. The second-order valence-corrected chi connectivity index (χ2v) is 6.91. The summed E-state index contributed by atoms with van der Waals surface area (Å²) in [6, 6.07) is 7.01. The normalized spacial score (nSPS) is 16.1. The van der Waals surface area contributed by atoms with Crippen LogP contribution in [0.5, 0.6) is 5.88 Å². The molecule has 9 nitrogen and oxygen atoms in total. The van der Waals surface area contributed by atoms with Crippen LogP contribution in [0.15, 0.2) is 30.5 Å². The fraction of sp³-hybridized carbons (Fsp3) is 0.400. The highest BCUT2D eigenvalue weighted by molar-refractivity contribution is 5.98. The fourth-order valence-electron chi connectivity index (χ4n) is 3.53. The summed E-state index contributed by atoms with van der Waals surface area (Å²) in [7, 11) is 0. The van der Waals surface area contributed by atoms with Gasteiger partial charge >= 0.3 is 6.03 Å². The van der Waals surface area contributed by atoms with Gasteiger partial charge in [0.15, 0.2) is 0 Å². The summed E-state index contributed by atoms with van der Waals surface area (Å²) < 4.78 is 5.43. The highest BCUT2D eigenvalue weighted by Crippen LogP contribution is 2.20. The van der Waals surface area contributed by atoms with Crippen molar-refractivity contribution in [3.05, 3.63) is 41.6 Å². The molecule has 1 aromatic heterocycles. The molecular weight excluding hydrogens is 372 g/mol. The van der Waals surface area contributed by atoms with Crippen LogP contribution in [0.3, 0.4) is 0 Å². The lowest BCUT2D eigenvalue weighted by Crippen LogP contribution is -2.50. The van der Waals surface area contributed by atoms with E-state index < -0.39 is 0 Å². The van der Waals surface area contributed by atoms with Crippen LogP contribution in [0.25, 0.3) is 0 Å². The smallest absolute Gasteiger partial charge is 0.321 e. The number of benzene rings is 1. The summed E-state index contributed by atoms with van der Waals surface area (Å²) in [5.41, 5.74) is 2.35. The molecule has 4 rings (SSSR count). The van der Waals surface area contributed by atoms with Gasteiger partial charge in [-0.3, -0.25) is 4.79 Å². The van der Waals surface area contributed by atoms with E-state index in [9.17, 15) is 9.59 Å². The van der Waals surface area contributed by atoms with E-state index in [1.807, 2.05) is 17.9 Å². The molecule has 0 unspecified atom stereocenters. The van der Waals surface area contributed by atoms with Crippen LogP contribution in [-0.2, 0) is 6.42 Å². The summed E-state index contributed by atoms with van der Waals surface area (Å²) in [6.45, 7) is 5.52. The summed E-state index contributed by atoms with van der Waals surface area (Å²) in [4.78, 5) is 37.0. The second-order valence-electron chi connectivity index (χ2n) is 6.91. The van der Waals surface area contributed by atoms with Gasteiger partial charge in [0.25, 0.3) is 5.91 Å². The molecule has 1 fully saturated rings. The Morgan fingerprint density at radius 1 is 1.24 bits per heavy atom. The predicted molar refractivity (Wildman–Crippen MR) is 108 cm³/mol. The number of nitrogens with zero attached hydrogens (tertiary/aromatic N) is 4. The van der Waals surface area contributed by atoms with E-state index in [1.54, 1.807) is 29.3 Å². The number of anilines is 2. The van der Waals surface area contributed by atoms with Crippen LogP contribution in [-0.4, -0.2) is 66.1 Å². The number of ether oxygens (including phenoxy) is 1. The third-order valence-electron chi connectivity index (χ3n) is 5.04. The molecule has 152 valence electrons. The van der Waals surface area contributed by atoms with Crippen LogP contribution < -0.4 is 20.3 Å². The largest absolute Gasteiger partial charge is 0.478 e. The van der Waals surface area contributed by atoms with E-state index in [0.29, 0.717) is 62.4 Å². The van der Waals surface area contributed by atoms with Crippen molar-refractivity contribution in [1.29, 1.82) is 0 Å². The van der Waals surface area contributed by atoms with E-state index in [-0.39, 0.29) is 11.9 Å². The quantitative estimate of drug-likeness (QED) is 0.813.